The Morgan fingerprint density at radius 1 is 1.11 bits per heavy atom. The van der Waals surface area contributed by atoms with Gasteiger partial charge in [0.2, 0.25) is 0 Å². The molecule has 1 aromatic carbocycles. The van der Waals surface area contributed by atoms with Crippen LogP contribution >= 0.6 is 11.8 Å². The summed E-state index contributed by atoms with van der Waals surface area (Å²) in [4.78, 5) is 0. The van der Waals surface area contributed by atoms with E-state index in [1.54, 1.807) is 11.8 Å². The standard InChI is InChI=1S/C13H22N2O2S/c1-9(8-14)16-10(2)18-11(3)17-13-6-4-12(15)5-7-13/h4-7,9-11H,8,14-15H2,1-3H3. The molecule has 1 rings (SSSR count). The molecule has 18 heavy (non-hydrogen) atoms. The van der Waals surface area contributed by atoms with Crippen molar-refractivity contribution in [3.8, 4) is 5.75 Å². The summed E-state index contributed by atoms with van der Waals surface area (Å²) in [6.45, 7) is 6.48. The molecule has 0 spiro atoms. The molecule has 0 amide bonds. The Kier molecular flexibility index (Phi) is 6.32. The molecule has 0 saturated carbocycles. The summed E-state index contributed by atoms with van der Waals surface area (Å²) in [5, 5.41) is 0. The van der Waals surface area contributed by atoms with Crippen LogP contribution in [0, 0.1) is 0 Å². The molecule has 0 aromatic heterocycles. The lowest BCUT2D eigenvalue weighted by Crippen LogP contribution is -2.25. The number of nitrogen functional groups attached to an aromatic ring is 1. The van der Waals surface area contributed by atoms with Gasteiger partial charge in [0.05, 0.1) is 6.10 Å². The molecule has 0 heterocycles. The molecule has 0 aliphatic heterocycles. The van der Waals surface area contributed by atoms with Gasteiger partial charge in [-0.1, -0.05) is 11.8 Å². The average molecular weight is 270 g/mol. The topological polar surface area (TPSA) is 70.5 Å². The Morgan fingerprint density at radius 2 is 1.72 bits per heavy atom. The zero-order valence-corrected chi connectivity index (χ0v) is 11.9. The number of hydrogen-bond donors (Lipinski definition) is 2. The summed E-state index contributed by atoms with van der Waals surface area (Å²) in [6.07, 6.45) is 0.0659. The van der Waals surface area contributed by atoms with Gasteiger partial charge in [0.25, 0.3) is 0 Å². The Morgan fingerprint density at radius 3 is 2.28 bits per heavy atom. The van der Waals surface area contributed by atoms with Crippen LogP contribution in [0.1, 0.15) is 20.8 Å². The van der Waals surface area contributed by atoms with Gasteiger partial charge in [-0.3, -0.25) is 0 Å². The van der Waals surface area contributed by atoms with Gasteiger partial charge in [0, 0.05) is 12.2 Å². The molecule has 4 N–H and O–H groups in total. The molecule has 102 valence electrons. The quantitative estimate of drug-likeness (QED) is 0.588. The molecule has 0 bridgehead atoms. The molecule has 1 aromatic rings. The molecule has 3 unspecified atom stereocenters. The second kappa shape index (κ2) is 7.51. The lowest BCUT2D eigenvalue weighted by molar-refractivity contribution is 0.0609. The highest BCUT2D eigenvalue weighted by atomic mass is 32.2. The molecule has 0 aliphatic rings. The summed E-state index contributed by atoms with van der Waals surface area (Å²) in [5.41, 5.74) is 11.9. The molecule has 0 aliphatic carbocycles. The van der Waals surface area contributed by atoms with Crippen LogP contribution in [0.2, 0.25) is 0 Å². The molecular weight excluding hydrogens is 248 g/mol. The number of thioether (sulfide) groups is 1. The maximum Gasteiger partial charge on any atom is 0.144 e. The highest BCUT2D eigenvalue weighted by molar-refractivity contribution is 8.00. The second-order valence-corrected chi connectivity index (χ2v) is 5.74. The van der Waals surface area contributed by atoms with Crippen molar-refractivity contribution in [2.45, 2.75) is 37.7 Å². The zero-order valence-electron chi connectivity index (χ0n) is 11.1. The summed E-state index contributed by atoms with van der Waals surface area (Å²) >= 11 is 1.61. The van der Waals surface area contributed by atoms with E-state index < -0.39 is 0 Å². The third kappa shape index (κ3) is 5.62. The van der Waals surface area contributed by atoms with Gasteiger partial charge in [-0.25, -0.2) is 0 Å². The molecule has 3 atom stereocenters. The maximum atomic E-state index is 5.75. The minimum Gasteiger partial charge on any atom is -0.480 e. The van der Waals surface area contributed by atoms with Gasteiger partial charge in [-0.2, -0.15) is 0 Å². The van der Waals surface area contributed by atoms with Crippen LogP contribution in [-0.2, 0) is 4.74 Å². The number of anilines is 1. The molecule has 5 heteroatoms. The van der Waals surface area contributed by atoms with E-state index >= 15 is 0 Å². The van der Waals surface area contributed by atoms with Crippen LogP contribution in [0.5, 0.6) is 5.75 Å². The largest absolute Gasteiger partial charge is 0.480 e. The number of ether oxygens (including phenoxy) is 2. The van der Waals surface area contributed by atoms with Crippen molar-refractivity contribution in [1.29, 1.82) is 0 Å². The molecule has 0 fully saturated rings. The van der Waals surface area contributed by atoms with Crippen molar-refractivity contribution in [2.24, 2.45) is 5.73 Å². The van der Waals surface area contributed by atoms with Gasteiger partial charge in [-0.15, -0.1) is 0 Å². The van der Waals surface area contributed by atoms with Crippen LogP contribution in [0.25, 0.3) is 0 Å². The first-order valence-corrected chi connectivity index (χ1v) is 6.98. The van der Waals surface area contributed by atoms with Gasteiger partial charge in [0.15, 0.2) is 0 Å². The SMILES string of the molecule is CC(CN)OC(C)SC(C)Oc1ccc(N)cc1. The predicted octanol–water partition coefficient (Wildman–Crippen LogP) is 2.44. The fourth-order valence-corrected chi connectivity index (χ4v) is 2.41. The third-order valence-electron chi connectivity index (χ3n) is 2.32. The van der Waals surface area contributed by atoms with Gasteiger partial charge in [-0.05, 0) is 45.0 Å². The Hall–Kier alpha value is -0.910. The highest BCUT2D eigenvalue weighted by Gasteiger charge is 2.13. The summed E-state index contributed by atoms with van der Waals surface area (Å²) in [7, 11) is 0. The maximum absolute atomic E-state index is 5.75. The normalized spacial score (nSPS) is 16.0. The van der Waals surface area contributed by atoms with E-state index in [0.29, 0.717) is 6.54 Å². The van der Waals surface area contributed by atoms with Gasteiger partial charge in [0.1, 0.15) is 16.6 Å². The van der Waals surface area contributed by atoms with E-state index in [-0.39, 0.29) is 17.0 Å². The third-order valence-corrected chi connectivity index (χ3v) is 3.30. The molecule has 0 radical (unpaired) electrons. The molecule has 4 nitrogen and oxygen atoms in total. The zero-order chi connectivity index (χ0) is 13.5. The first-order chi connectivity index (χ1) is 8.51. The fourth-order valence-electron chi connectivity index (χ4n) is 1.45. The van der Waals surface area contributed by atoms with Crippen molar-refractivity contribution in [3.63, 3.8) is 0 Å². The van der Waals surface area contributed by atoms with Crippen molar-refractivity contribution in [1.82, 2.24) is 0 Å². The monoisotopic (exact) mass is 270 g/mol. The predicted molar refractivity (Wildman–Crippen MR) is 77.6 cm³/mol. The lowest BCUT2D eigenvalue weighted by Gasteiger charge is -2.21. The van der Waals surface area contributed by atoms with E-state index in [1.807, 2.05) is 45.0 Å². The number of benzene rings is 1. The molecular formula is C13H22N2O2S. The van der Waals surface area contributed by atoms with Crippen molar-refractivity contribution < 1.29 is 9.47 Å². The first-order valence-electron chi connectivity index (χ1n) is 6.04. The van der Waals surface area contributed by atoms with Crippen LogP contribution in [0.15, 0.2) is 24.3 Å². The van der Waals surface area contributed by atoms with Gasteiger partial charge >= 0.3 is 0 Å². The van der Waals surface area contributed by atoms with Gasteiger partial charge < -0.3 is 20.9 Å². The van der Waals surface area contributed by atoms with Crippen molar-refractivity contribution in [3.05, 3.63) is 24.3 Å². The van der Waals surface area contributed by atoms with Crippen LogP contribution < -0.4 is 16.2 Å². The Labute approximate surface area is 113 Å². The summed E-state index contributed by atoms with van der Waals surface area (Å²) in [5.74, 6) is 0.809. The number of nitrogens with two attached hydrogens (primary N) is 2. The fraction of sp³-hybridized carbons (Fsp3) is 0.538. The van der Waals surface area contributed by atoms with Crippen LogP contribution in [0.3, 0.4) is 0 Å². The molecule has 0 saturated heterocycles. The smallest absolute Gasteiger partial charge is 0.144 e. The summed E-state index contributed by atoms with van der Waals surface area (Å²) < 4.78 is 11.4. The number of hydrogen-bond acceptors (Lipinski definition) is 5. The summed E-state index contributed by atoms with van der Waals surface area (Å²) in [6, 6.07) is 7.37. The number of rotatable bonds is 7. The van der Waals surface area contributed by atoms with E-state index in [2.05, 4.69) is 0 Å². The lowest BCUT2D eigenvalue weighted by atomic mass is 10.3. The van der Waals surface area contributed by atoms with E-state index in [9.17, 15) is 0 Å². The van der Waals surface area contributed by atoms with E-state index in [1.165, 1.54) is 0 Å². The van der Waals surface area contributed by atoms with Crippen molar-refractivity contribution in [2.75, 3.05) is 12.3 Å². The minimum atomic E-state index is 0.00796. The first kappa shape index (κ1) is 15.1. The van der Waals surface area contributed by atoms with Crippen molar-refractivity contribution >= 4 is 17.4 Å². The van der Waals surface area contributed by atoms with E-state index in [4.69, 9.17) is 20.9 Å². The van der Waals surface area contributed by atoms with Crippen LogP contribution in [0.4, 0.5) is 5.69 Å². The minimum absolute atomic E-state index is 0.00796. The highest BCUT2D eigenvalue weighted by Crippen LogP contribution is 2.23. The Bertz CT molecular complexity index is 345. The average Bonchev–Trinajstić information content (AvgIpc) is 2.31. The van der Waals surface area contributed by atoms with Crippen LogP contribution in [-0.4, -0.2) is 23.5 Å². The van der Waals surface area contributed by atoms with E-state index in [0.717, 1.165) is 11.4 Å². The second-order valence-electron chi connectivity index (χ2n) is 4.14. The Balaban J connectivity index is 2.36.